The van der Waals surface area contributed by atoms with Crippen LogP contribution >= 0.6 is 0 Å². The molecule has 0 N–H and O–H groups in total. The highest BCUT2D eigenvalue weighted by atomic mass is 19.1. The molecule has 1 amide bonds. The first kappa shape index (κ1) is 20.0. The van der Waals surface area contributed by atoms with Gasteiger partial charge in [0.05, 0.1) is 6.20 Å². The Morgan fingerprint density at radius 2 is 1.84 bits per heavy atom. The molecule has 1 unspecified atom stereocenters. The van der Waals surface area contributed by atoms with Crippen LogP contribution in [0, 0.1) is 5.82 Å². The second-order valence-electron chi connectivity index (χ2n) is 7.97. The molecule has 0 aliphatic carbocycles. The van der Waals surface area contributed by atoms with Crippen LogP contribution in [0.3, 0.4) is 0 Å². The van der Waals surface area contributed by atoms with Gasteiger partial charge in [0.15, 0.2) is 0 Å². The minimum atomic E-state index is -0.324. The Labute approximate surface area is 185 Å². The Hall–Kier alpha value is -3.93. The monoisotopic (exact) mass is 427 g/mol. The van der Waals surface area contributed by atoms with Gasteiger partial charge in [0.2, 0.25) is 0 Å². The quantitative estimate of drug-likeness (QED) is 0.453. The van der Waals surface area contributed by atoms with E-state index in [2.05, 4.69) is 17.2 Å². The van der Waals surface area contributed by atoms with Crippen LogP contribution in [0.2, 0.25) is 0 Å². The molecule has 1 atom stereocenters. The topological polar surface area (TPSA) is 47.4 Å². The Bertz CT molecular complexity index is 1270. The van der Waals surface area contributed by atoms with E-state index in [-0.39, 0.29) is 17.6 Å². The van der Waals surface area contributed by atoms with Gasteiger partial charge in [-0.1, -0.05) is 30.3 Å². The predicted molar refractivity (Wildman–Crippen MR) is 119 cm³/mol. The summed E-state index contributed by atoms with van der Waals surface area (Å²) in [5.41, 5.74) is 4.01. The molecule has 0 radical (unpaired) electrons. The summed E-state index contributed by atoms with van der Waals surface area (Å²) in [7, 11) is 1.90. The molecule has 0 fully saturated rings. The number of aromatic nitrogens is 2. The largest absolute Gasteiger partial charge is 0.457 e. The summed E-state index contributed by atoms with van der Waals surface area (Å²) in [6, 6.07) is 21.1. The molecular weight excluding hydrogens is 405 g/mol. The van der Waals surface area contributed by atoms with Crippen molar-refractivity contribution in [2.24, 2.45) is 7.05 Å². The summed E-state index contributed by atoms with van der Waals surface area (Å²) < 4.78 is 20.8. The van der Waals surface area contributed by atoms with Crippen LogP contribution in [-0.4, -0.2) is 27.1 Å². The summed E-state index contributed by atoms with van der Waals surface area (Å²) in [6.07, 6.45) is 3.87. The molecule has 32 heavy (non-hydrogen) atoms. The van der Waals surface area contributed by atoms with Crippen molar-refractivity contribution < 1.29 is 13.9 Å². The number of aryl methyl sites for hydroxylation is 1. The van der Waals surface area contributed by atoms with Crippen molar-refractivity contribution in [3.63, 3.8) is 0 Å². The molecule has 3 aromatic carbocycles. The van der Waals surface area contributed by atoms with Crippen LogP contribution in [0.1, 0.15) is 33.0 Å². The SMILES string of the molecule is Cn1cc(C2CN(C(=O)c3cccc(Oc4ccc(F)cc4)c3)Cc3ccccc32)cn1. The van der Waals surface area contributed by atoms with Crippen LogP contribution in [0.4, 0.5) is 4.39 Å². The maximum Gasteiger partial charge on any atom is 0.254 e. The lowest BCUT2D eigenvalue weighted by atomic mass is 9.86. The number of nitrogens with zero attached hydrogens (tertiary/aromatic N) is 3. The van der Waals surface area contributed by atoms with Crippen molar-refractivity contribution in [2.75, 3.05) is 6.54 Å². The first-order valence-corrected chi connectivity index (χ1v) is 10.5. The number of hydrogen-bond acceptors (Lipinski definition) is 3. The Morgan fingerprint density at radius 1 is 1.03 bits per heavy atom. The second-order valence-corrected chi connectivity index (χ2v) is 7.97. The fraction of sp³-hybridized carbons (Fsp3) is 0.154. The van der Waals surface area contributed by atoms with E-state index in [4.69, 9.17) is 4.74 Å². The van der Waals surface area contributed by atoms with Gasteiger partial charge in [0.25, 0.3) is 5.91 Å². The van der Waals surface area contributed by atoms with E-state index >= 15 is 0 Å². The standard InChI is InChI=1S/C26H22FN3O2/c1-29-15-20(14-28-29)25-17-30(16-19-5-2-3-8-24(19)25)26(31)18-6-4-7-23(13-18)32-22-11-9-21(27)10-12-22/h2-15,25H,16-17H2,1H3. The van der Waals surface area contributed by atoms with Gasteiger partial charge >= 0.3 is 0 Å². The van der Waals surface area contributed by atoms with Crippen molar-refractivity contribution in [2.45, 2.75) is 12.5 Å². The summed E-state index contributed by atoms with van der Waals surface area (Å²) in [6.45, 7) is 1.12. The van der Waals surface area contributed by atoms with Gasteiger partial charge in [-0.05, 0) is 59.2 Å². The number of carbonyl (C=O) groups is 1. The van der Waals surface area contributed by atoms with Gasteiger partial charge in [0.1, 0.15) is 17.3 Å². The first-order valence-electron chi connectivity index (χ1n) is 10.5. The summed E-state index contributed by atoms with van der Waals surface area (Å²) in [4.78, 5) is 15.3. The Kier molecular flexibility index (Phi) is 5.19. The van der Waals surface area contributed by atoms with Crippen LogP contribution in [-0.2, 0) is 13.6 Å². The maximum atomic E-state index is 13.4. The highest BCUT2D eigenvalue weighted by Gasteiger charge is 2.30. The van der Waals surface area contributed by atoms with Crippen LogP contribution in [0.25, 0.3) is 0 Å². The van der Waals surface area contributed by atoms with E-state index < -0.39 is 0 Å². The van der Waals surface area contributed by atoms with Crippen molar-refractivity contribution in [3.05, 3.63) is 113 Å². The zero-order valence-corrected chi connectivity index (χ0v) is 17.6. The Balaban J connectivity index is 1.41. The van der Waals surface area contributed by atoms with E-state index in [1.807, 2.05) is 36.5 Å². The van der Waals surface area contributed by atoms with Gasteiger partial charge in [0, 0.05) is 37.8 Å². The van der Waals surface area contributed by atoms with E-state index in [1.165, 1.54) is 17.7 Å². The van der Waals surface area contributed by atoms with Gasteiger partial charge in [-0.15, -0.1) is 0 Å². The number of fused-ring (bicyclic) bond motifs is 1. The van der Waals surface area contributed by atoms with Gasteiger partial charge < -0.3 is 9.64 Å². The van der Waals surface area contributed by atoms with Crippen LogP contribution in [0.15, 0.2) is 85.2 Å². The second kappa shape index (κ2) is 8.30. The summed E-state index contributed by atoms with van der Waals surface area (Å²) in [5.74, 6) is 0.729. The van der Waals surface area contributed by atoms with Crippen LogP contribution < -0.4 is 4.74 Å². The molecule has 5 nitrogen and oxygen atoms in total. The van der Waals surface area contributed by atoms with Crippen LogP contribution in [0.5, 0.6) is 11.5 Å². The molecule has 1 aliphatic heterocycles. The fourth-order valence-corrected chi connectivity index (χ4v) is 4.18. The van der Waals surface area contributed by atoms with Gasteiger partial charge in [-0.2, -0.15) is 5.10 Å². The average Bonchev–Trinajstić information content (AvgIpc) is 3.25. The lowest BCUT2D eigenvalue weighted by Gasteiger charge is -2.34. The molecule has 1 aliphatic rings. The molecule has 0 saturated heterocycles. The van der Waals surface area contributed by atoms with E-state index in [0.29, 0.717) is 30.2 Å². The maximum absolute atomic E-state index is 13.4. The molecule has 6 heteroatoms. The highest BCUT2D eigenvalue weighted by molar-refractivity contribution is 5.95. The summed E-state index contributed by atoms with van der Waals surface area (Å²) >= 11 is 0. The molecule has 0 spiro atoms. The lowest BCUT2D eigenvalue weighted by molar-refractivity contribution is 0.0724. The van der Waals surface area contributed by atoms with Gasteiger partial charge in [-0.3, -0.25) is 9.48 Å². The molecule has 0 bridgehead atoms. The fourth-order valence-electron chi connectivity index (χ4n) is 4.18. The molecule has 160 valence electrons. The zero-order chi connectivity index (χ0) is 22.1. The smallest absolute Gasteiger partial charge is 0.254 e. The predicted octanol–water partition coefficient (Wildman–Crippen LogP) is 5.14. The number of rotatable bonds is 4. The average molecular weight is 427 g/mol. The normalized spacial score (nSPS) is 15.3. The Morgan fingerprint density at radius 3 is 2.62 bits per heavy atom. The lowest BCUT2D eigenvalue weighted by Crippen LogP contribution is -2.38. The van der Waals surface area contributed by atoms with Crippen molar-refractivity contribution in [3.8, 4) is 11.5 Å². The number of ether oxygens (including phenoxy) is 1. The number of carbonyl (C=O) groups excluding carboxylic acids is 1. The van der Waals surface area contributed by atoms with E-state index in [0.717, 1.165) is 11.1 Å². The number of amides is 1. The highest BCUT2D eigenvalue weighted by Crippen LogP contribution is 2.34. The third-order valence-corrected chi connectivity index (χ3v) is 5.74. The zero-order valence-electron chi connectivity index (χ0n) is 17.6. The minimum Gasteiger partial charge on any atom is -0.457 e. The number of halogens is 1. The van der Waals surface area contributed by atoms with Gasteiger partial charge in [-0.25, -0.2) is 4.39 Å². The molecule has 5 rings (SSSR count). The number of hydrogen-bond donors (Lipinski definition) is 0. The molecule has 4 aromatic rings. The number of benzene rings is 3. The van der Waals surface area contributed by atoms with E-state index in [1.54, 1.807) is 41.1 Å². The molecular formula is C26H22FN3O2. The molecule has 0 saturated carbocycles. The van der Waals surface area contributed by atoms with E-state index in [9.17, 15) is 9.18 Å². The van der Waals surface area contributed by atoms with Crippen molar-refractivity contribution >= 4 is 5.91 Å². The van der Waals surface area contributed by atoms with Crippen molar-refractivity contribution in [1.82, 2.24) is 14.7 Å². The summed E-state index contributed by atoms with van der Waals surface area (Å²) in [5, 5.41) is 4.32. The first-order chi connectivity index (χ1) is 15.6. The minimum absolute atomic E-state index is 0.0575. The third kappa shape index (κ3) is 3.99. The molecule has 2 heterocycles. The van der Waals surface area contributed by atoms with Crippen molar-refractivity contribution in [1.29, 1.82) is 0 Å². The molecule has 1 aromatic heterocycles. The third-order valence-electron chi connectivity index (χ3n) is 5.74.